The van der Waals surface area contributed by atoms with Crippen molar-refractivity contribution in [1.82, 2.24) is 5.32 Å². The molecule has 0 spiro atoms. The number of hydrogen-bond acceptors (Lipinski definition) is 5. The number of carbonyl (C=O) groups excluding carboxylic acids is 2. The normalized spacial score (nSPS) is 13.3. The number of benzene rings is 2. The fourth-order valence-corrected chi connectivity index (χ4v) is 3.20. The number of hydrogen-bond donors (Lipinski definition) is 3. The summed E-state index contributed by atoms with van der Waals surface area (Å²) in [5.74, 6) is -0.0849. The molecular formula is C27H41ClN2O4. The molecule has 2 aromatic rings. The van der Waals surface area contributed by atoms with Gasteiger partial charge in [0, 0.05) is 11.6 Å². The third-order valence-corrected chi connectivity index (χ3v) is 4.81. The molecule has 0 aliphatic heterocycles. The van der Waals surface area contributed by atoms with Crippen molar-refractivity contribution in [3.8, 4) is 0 Å². The van der Waals surface area contributed by atoms with Crippen molar-refractivity contribution in [2.45, 2.75) is 84.1 Å². The van der Waals surface area contributed by atoms with Crippen LogP contribution in [0.5, 0.6) is 0 Å². The quantitative estimate of drug-likeness (QED) is 0.382. The molecule has 6 nitrogen and oxygen atoms in total. The lowest BCUT2D eigenvalue weighted by Gasteiger charge is -2.23. The monoisotopic (exact) mass is 492 g/mol. The van der Waals surface area contributed by atoms with Gasteiger partial charge in [0.05, 0.1) is 12.1 Å². The van der Waals surface area contributed by atoms with Crippen molar-refractivity contribution in [3.63, 3.8) is 0 Å². The summed E-state index contributed by atoms with van der Waals surface area (Å²) in [6.45, 7) is 9.42. The third kappa shape index (κ3) is 12.2. The fourth-order valence-electron chi connectivity index (χ4n) is 3.20. The van der Waals surface area contributed by atoms with E-state index in [0.29, 0.717) is 12.0 Å². The van der Waals surface area contributed by atoms with E-state index in [9.17, 15) is 14.7 Å². The number of carbonyl (C=O) groups is 2. The molecule has 2 rings (SSSR count). The largest absolute Gasteiger partial charge is 0.444 e. The number of rotatable bonds is 9. The molecule has 2 aromatic carbocycles. The predicted octanol–water partition coefficient (Wildman–Crippen LogP) is 5.83. The number of aliphatic hydroxyl groups excluding tert-OH is 1. The van der Waals surface area contributed by atoms with Crippen LogP contribution < -0.4 is 11.1 Å². The van der Waals surface area contributed by atoms with Gasteiger partial charge in [-0.2, -0.15) is 0 Å². The Balaban J connectivity index is 0.000000676. The van der Waals surface area contributed by atoms with Gasteiger partial charge in [-0.25, -0.2) is 4.79 Å². The van der Waals surface area contributed by atoms with Crippen molar-refractivity contribution in [2.24, 2.45) is 5.73 Å². The number of amides is 1. The molecule has 0 saturated carbocycles. The van der Waals surface area contributed by atoms with Gasteiger partial charge >= 0.3 is 6.09 Å². The summed E-state index contributed by atoms with van der Waals surface area (Å²) < 4.78 is 5.20. The van der Waals surface area contributed by atoms with Crippen LogP contribution in [-0.2, 0) is 4.74 Å². The van der Waals surface area contributed by atoms with Crippen molar-refractivity contribution >= 4 is 24.3 Å². The highest BCUT2D eigenvalue weighted by Gasteiger charge is 2.24. The minimum absolute atomic E-state index is 0. The summed E-state index contributed by atoms with van der Waals surface area (Å²) in [6.07, 6.45) is 2.18. The van der Waals surface area contributed by atoms with Crippen LogP contribution in [0.4, 0.5) is 4.79 Å². The van der Waals surface area contributed by atoms with E-state index < -0.39 is 23.8 Å². The Kier molecular flexibility index (Phi) is 15.1. The SMILES string of the molecule is CCC[C@H](N)[C@H](O)c1ccccc1.CCC[C@H](NC(=O)OC(C)(C)C)C(=O)c1ccccc1.Cl. The average Bonchev–Trinajstić information content (AvgIpc) is 2.78. The number of nitrogens with two attached hydrogens (primary N) is 1. The van der Waals surface area contributed by atoms with Crippen LogP contribution >= 0.6 is 12.4 Å². The van der Waals surface area contributed by atoms with Gasteiger partial charge in [0.2, 0.25) is 0 Å². The van der Waals surface area contributed by atoms with E-state index in [1.54, 1.807) is 32.9 Å². The van der Waals surface area contributed by atoms with Gasteiger partial charge in [-0.05, 0) is 39.2 Å². The van der Waals surface area contributed by atoms with Gasteiger partial charge in [0.25, 0.3) is 0 Å². The summed E-state index contributed by atoms with van der Waals surface area (Å²) in [4.78, 5) is 24.2. The first-order chi connectivity index (χ1) is 15.6. The van der Waals surface area contributed by atoms with Gasteiger partial charge in [0.15, 0.2) is 5.78 Å². The zero-order valence-corrected chi connectivity index (χ0v) is 21.8. The molecule has 3 atom stereocenters. The summed E-state index contributed by atoms with van der Waals surface area (Å²) in [5, 5.41) is 12.5. The molecule has 0 aliphatic rings. The second kappa shape index (κ2) is 16.3. The van der Waals surface area contributed by atoms with Crippen molar-refractivity contribution in [3.05, 3.63) is 71.8 Å². The Labute approximate surface area is 210 Å². The van der Waals surface area contributed by atoms with Crippen molar-refractivity contribution < 1.29 is 19.4 Å². The molecule has 0 radical (unpaired) electrons. The molecule has 7 heteroatoms. The van der Waals surface area contributed by atoms with Gasteiger partial charge in [0.1, 0.15) is 5.60 Å². The Morgan fingerprint density at radius 1 is 0.941 bits per heavy atom. The molecule has 0 saturated heterocycles. The first kappa shape index (κ1) is 31.6. The fraction of sp³-hybridized carbons (Fsp3) is 0.481. The van der Waals surface area contributed by atoms with E-state index in [4.69, 9.17) is 10.5 Å². The van der Waals surface area contributed by atoms with Crippen LogP contribution in [0.2, 0.25) is 0 Å². The maximum atomic E-state index is 12.4. The summed E-state index contributed by atoms with van der Waals surface area (Å²) >= 11 is 0. The second-order valence-electron chi connectivity index (χ2n) is 9.03. The average molecular weight is 493 g/mol. The van der Waals surface area contributed by atoms with Crippen molar-refractivity contribution in [2.75, 3.05) is 0 Å². The zero-order valence-electron chi connectivity index (χ0n) is 21.0. The molecule has 4 N–H and O–H groups in total. The first-order valence-corrected chi connectivity index (χ1v) is 11.7. The van der Waals surface area contributed by atoms with Gasteiger partial charge in [-0.1, -0.05) is 87.4 Å². The summed E-state index contributed by atoms with van der Waals surface area (Å²) in [6, 6.07) is 17.9. The molecule has 0 fully saturated rings. The first-order valence-electron chi connectivity index (χ1n) is 11.7. The van der Waals surface area contributed by atoms with Gasteiger partial charge < -0.3 is 20.9 Å². The van der Waals surface area contributed by atoms with E-state index in [-0.39, 0.29) is 24.2 Å². The van der Waals surface area contributed by atoms with Crippen LogP contribution in [0.3, 0.4) is 0 Å². The molecule has 0 aromatic heterocycles. The van der Waals surface area contributed by atoms with E-state index in [0.717, 1.165) is 24.8 Å². The van der Waals surface area contributed by atoms with E-state index in [1.807, 2.05) is 55.5 Å². The molecule has 1 amide bonds. The number of ketones is 1. The number of alkyl carbamates (subject to hydrolysis) is 1. The second-order valence-corrected chi connectivity index (χ2v) is 9.03. The molecule has 0 unspecified atom stereocenters. The number of halogens is 1. The lowest BCUT2D eigenvalue weighted by Crippen LogP contribution is -2.43. The lowest BCUT2D eigenvalue weighted by molar-refractivity contribution is 0.0488. The Morgan fingerprint density at radius 3 is 1.91 bits per heavy atom. The standard InChI is InChI=1S/C16H23NO3.C11H17NO.ClH/c1-5-9-13(17-15(19)20-16(2,3)4)14(18)12-10-7-6-8-11-12;1-2-6-10(12)11(13)9-7-4-3-5-8-9;/h6-8,10-11,13H,5,9H2,1-4H3,(H,17,19);3-5,7-8,10-11,13H,2,6,12H2,1H3;1H/t13-;10-,11+;/m00./s1. The minimum atomic E-state index is -0.573. The Morgan fingerprint density at radius 2 is 1.44 bits per heavy atom. The van der Waals surface area contributed by atoms with E-state index >= 15 is 0 Å². The molecular weight excluding hydrogens is 452 g/mol. The van der Waals surface area contributed by atoms with E-state index in [1.165, 1.54) is 0 Å². The molecule has 34 heavy (non-hydrogen) atoms. The lowest BCUT2D eigenvalue weighted by atomic mass is 10.00. The molecule has 0 heterocycles. The summed E-state index contributed by atoms with van der Waals surface area (Å²) in [7, 11) is 0. The number of ether oxygens (including phenoxy) is 1. The summed E-state index contributed by atoms with van der Waals surface area (Å²) in [5.41, 5.74) is 6.74. The van der Waals surface area contributed by atoms with Gasteiger partial charge in [-0.15, -0.1) is 12.4 Å². The highest BCUT2D eigenvalue weighted by Crippen LogP contribution is 2.17. The Hall–Kier alpha value is -2.41. The number of Topliss-reactive ketones (excluding diaryl/α,β-unsaturated/α-hetero) is 1. The maximum Gasteiger partial charge on any atom is 0.408 e. The van der Waals surface area contributed by atoms with Gasteiger partial charge in [-0.3, -0.25) is 4.79 Å². The van der Waals surface area contributed by atoms with Crippen LogP contribution in [0, 0.1) is 0 Å². The van der Waals surface area contributed by atoms with Crippen LogP contribution in [0.1, 0.15) is 82.3 Å². The van der Waals surface area contributed by atoms with Crippen LogP contribution in [-0.4, -0.2) is 34.7 Å². The molecule has 0 aliphatic carbocycles. The molecule has 190 valence electrons. The smallest absolute Gasteiger partial charge is 0.408 e. The van der Waals surface area contributed by atoms with E-state index in [2.05, 4.69) is 12.2 Å². The predicted molar refractivity (Wildman–Crippen MR) is 140 cm³/mol. The van der Waals surface area contributed by atoms with Crippen molar-refractivity contribution in [1.29, 1.82) is 0 Å². The highest BCUT2D eigenvalue weighted by atomic mass is 35.5. The number of nitrogens with one attached hydrogen (secondary N) is 1. The molecule has 0 bridgehead atoms. The van der Waals surface area contributed by atoms with Crippen LogP contribution in [0.25, 0.3) is 0 Å². The van der Waals surface area contributed by atoms with Crippen LogP contribution in [0.15, 0.2) is 60.7 Å². The topological polar surface area (TPSA) is 102 Å². The minimum Gasteiger partial charge on any atom is -0.444 e. The number of aliphatic hydroxyl groups is 1. The zero-order chi connectivity index (χ0) is 24.9. The highest BCUT2D eigenvalue weighted by molar-refractivity contribution is 6.01. The Bertz CT molecular complexity index is 826. The third-order valence-electron chi connectivity index (χ3n) is 4.81. The maximum absolute atomic E-state index is 12.4.